The Labute approximate surface area is 817 Å². The summed E-state index contributed by atoms with van der Waals surface area (Å²) in [6.45, 7) is 6.50. The molecule has 3 aromatic heterocycles. The fourth-order valence-electron chi connectivity index (χ4n) is 21.0. The number of nitrogens with zero attached hydrogens (tertiary/aromatic N) is 8. The molecule has 16 rings (SSSR count). The van der Waals surface area contributed by atoms with Crippen LogP contribution in [0.3, 0.4) is 0 Å². The van der Waals surface area contributed by atoms with Gasteiger partial charge in [0.05, 0.1) is 54.3 Å². The number of carbonyl (C=O) groups is 11. The van der Waals surface area contributed by atoms with Crippen LogP contribution >= 0.6 is 57.2 Å². The van der Waals surface area contributed by atoms with Gasteiger partial charge < -0.3 is 75.1 Å². The molecule has 732 valence electrons. The number of piperazine rings is 3. The third-order valence-corrected chi connectivity index (χ3v) is 33.5. The van der Waals surface area contributed by atoms with E-state index in [0.717, 1.165) is 129 Å². The Morgan fingerprint density at radius 2 is 0.881 bits per heavy atom. The summed E-state index contributed by atoms with van der Waals surface area (Å²) in [7, 11) is -2.31. The first-order valence-corrected chi connectivity index (χ1v) is 54.6. The highest BCUT2D eigenvalue weighted by molar-refractivity contribution is 7.97. The van der Waals surface area contributed by atoms with E-state index in [9.17, 15) is 56.9 Å². The number of halogens is 2. The molecule has 9 amide bonds. The van der Waals surface area contributed by atoms with E-state index < -0.39 is 58.2 Å². The molecule has 34 heteroatoms. The first kappa shape index (κ1) is 102. The van der Waals surface area contributed by atoms with Crippen LogP contribution in [0.1, 0.15) is 211 Å². The van der Waals surface area contributed by atoms with Crippen LogP contribution in [0.2, 0.25) is 10.0 Å². The van der Waals surface area contributed by atoms with Gasteiger partial charge in [0.1, 0.15) is 23.9 Å². The summed E-state index contributed by atoms with van der Waals surface area (Å²) in [6, 6.07) is 27.7. The van der Waals surface area contributed by atoms with E-state index in [2.05, 4.69) is 32.5 Å². The number of thiophene rings is 3. The summed E-state index contributed by atoms with van der Waals surface area (Å²) in [6.07, 6.45) is 28.7. The Kier molecular flexibility index (Phi) is 37.9. The number of para-hydroxylation sites is 2. The van der Waals surface area contributed by atoms with Crippen LogP contribution in [0.15, 0.2) is 119 Å². The van der Waals surface area contributed by atoms with Gasteiger partial charge in [-0.2, -0.15) is 0 Å². The van der Waals surface area contributed by atoms with E-state index in [4.69, 9.17) is 37.4 Å². The second-order valence-electron chi connectivity index (χ2n) is 37.9. The summed E-state index contributed by atoms with van der Waals surface area (Å²) in [4.78, 5) is 164. The lowest BCUT2D eigenvalue weighted by molar-refractivity contribution is -0.147. The first-order chi connectivity index (χ1) is 65.3. The molecule has 6 aromatic rings. The lowest BCUT2D eigenvalue weighted by atomic mass is 9.83. The molecular formula is C101H135Cl2N13O15S4. The predicted molar refractivity (Wildman–Crippen MR) is 529 cm³/mol. The molecule has 7 atom stereocenters. The van der Waals surface area contributed by atoms with Gasteiger partial charge in [-0.05, 0) is 184 Å². The molecule has 5 N–H and O–H groups in total. The number of aryl methyl sites for hydroxylation is 2. The van der Waals surface area contributed by atoms with Crippen molar-refractivity contribution >= 4 is 138 Å². The molecule has 0 bridgehead atoms. The minimum absolute atomic E-state index is 0.00165. The number of rotatable bonds is 28. The molecule has 0 radical (unpaired) electrons. The Morgan fingerprint density at radius 1 is 0.467 bits per heavy atom. The Bertz CT molecular complexity index is 5050. The molecule has 3 aromatic carbocycles. The summed E-state index contributed by atoms with van der Waals surface area (Å²) in [5.74, 6) is 4.60. The monoisotopic (exact) mass is 1970 g/mol. The lowest BCUT2D eigenvalue weighted by Crippen LogP contribution is -2.66. The van der Waals surface area contributed by atoms with Crippen LogP contribution in [0.5, 0.6) is 17.2 Å². The van der Waals surface area contributed by atoms with Gasteiger partial charge in [0.2, 0.25) is 29.5 Å². The van der Waals surface area contributed by atoms with Crippen LogP contribution in [-0.4, -0.2) is 266 Å². The SMILES string of the molecule is C=S(C)(=O)N1CCC([C@@H](NC2CCCCC2)C(=O)N2CCN(C(=O)Oc3ccccc3Cl)C[C@H]2C(=O)CCc2cccs2)CC1.CC(=O)N1CCC([C@@H](NC2CCCCC2)C(=O)N2CCN(C(=O)Oc3ccccc3Cl)C[C@H]2C(=O)NCc2cccs2)CC1.O=C1NCCc2c(OC(=O)N3CCN(C(=O)[C@@H](CC4CCCCC4)NC4CCCCC4)[C@H](C(=O)CCc4cccs4)C3)cccc21. The molecule has 0 spiro atoms. The highest BCUT2D eigenvalue weighted by Gasteiger charge is 2.48. The zero-order valence-electron chi connectivity index (χ0n) is 78.1. The predicted octanol–water partition coefficient (Wildman–Crippen LogP) is 14.7. The van der Waals surface area contributed by atoms with Crippen molar-refractivity contribution in [2.24, 2.45) is 17.8 Å². The number of hydrogen-bond donors (Lipinski definition) is 5. The largest absolute Gasteiger partial charge is 0.415 e. The van der Waals surface area contributed by atoms with Crippen molar-refractivity contribution in [3.8, 4) is 17.2 Å². The number of benzene rings is 3. The molecule has 4 aliphatic carbocycles. The fraction of sp³-hybridized carbons (Fsp3) is 0.584. The number of Topliss-reactive ketones (excluding diaryl/α,β-unsaturated/α-hetero) is 2. The average molecular weight is 1970 g/mol. The minimum Gasteiger partial charge on any atom is -0.410 e. The normalized spacial score (nSPS) is 21.6. The second-order valence-corrected chi connectivity index (χ2v) is 44.3. The first-order valence-electron chi connectivity index (χ1n) is 49.1. The minimum atomic E-state index is -2.31. The number of carbonyl (C=O) groups excluding carboxylic acids is 11. The smallest absolute Gasteiger partial charge is 0.410 e. The zero-order chi connectivity index (χ0) is 94.9. The molecule has 28 nitrogen and oxygen atoms in total. The number of likely N-dealkylation sites (tertiary alicyclic amines) is 1. The van der Waals surface area contributed by atoms with Gasteiger partial charge in [0.15, 0.2) is 23.1 Å². The number of amides is 9. The average Bonchev–Trinajstić information content (AvgIpc) is 0.823. The van der Waals surface area contributed by atoms with Crippen LogP contribution in [0.4, 0.5) is 14.4 Å². The summed E-state index contributed by atoms with van der Waals surface area (Å²) in [5, 5.41) is 23.6. The quantitative estimate of drug-likeness (QED) is 0.0285. The maximum atomic E-state index is 14.6. The summed E-state index contributed by atoms with van der Waals surface area (Å²) >= 11 is 17.2. The molecular weight excluding hydrogens is 1830 g/mol. The molecule has 6 aliphatic heterocycles. The van der Waals surface area contributed by atoms with Gasteiger partial charge in [0, 0.05) is 152 Å². The van der Waals surface area contributed by atoms with E-state index in [1.165, 1.54) is 61.2 Å². The number of nitrogens with one attached hydrogen (secondary N) is 5. The standard InChI is InChI=1S/C36H48N4O5S.C33H45ClN4O5S2.C32H42ClN5O5S/c41-32(17-16-27-13-8-22-46-27)31-24-39(36(44)45-33-15-7-14-29-28(33)18-19-37-34(29)42)20-21-40(31)35(43)30(23-25-9-3-1-4-10-25)38-26-11-5-2-6-12-26;1-45(2,42)37-18-16-24(17-19-37)31(35-25-9-4-3-5-10-25)32(40)38-21-20-36(33(41)43-30-13-7-6-12-27(30)34)23-28(38)29(39)15-14-26-11-8-22-44-26;1-22(39)36-15-13-23(14-16-36)29(35-24-8-3-2-4-9-24)31(41)38-18-17-37(32(42)43-28-12-6-5-11-26(28)33)21-27(38)30(40)34-20-25-10-7-19-44-25/h7-8,13-15,22,25-26,30-31,38H,1-6,9-12,16-21,23-24H2,(H,37,42);6-8,11-13,22,24-25,28,31,35H,1,3-5,9-10,14-21,23H2,2H3;5-7,10-12,19,23-24,27,29,35H,2-4,8-9,13-18,20-21H2,1H3,(H,34,40)/t30-,31+;28-,31+,45?;27-,29+/m100/s1. The number of ketones is 2. The molecule has 1 unspecified atom stereocenters. The second kappa shape index (κ2) is 50.1. The van der Waals surface area contributed by atoms with Crippen molar-refractivity contribution in [3.05, 3.63) is 155 Å². The maximum Gasteiger partial charge on any atom is 0.415 e. The lowest BCUT2D eigenvalue weighted by Gasteiger charge is -2.44. The van der Waals surface area contributed by atoms with Crippen LogP contribution in [-0.2, 0) is 69.1 Å². The van der Waals surface area contributed by atoms with Crippen molar-refractivity contribution < 1.29 is 71.2 Å². The molecule has 4 saturated carbocycles. The number of fused-ring (bicyclic) bond motifs is 1. The van der Waals surface area contributed by atoms with Crippen LogP contribution in [0, 0.1) is 17.8 Å². The highest BCUT2D eigenvalue weighted by atomic mass is 35.5. The number of piperidine rings is 2. The van der Waals surface area contributed by atoms with E-state index in [-0.39, 0.29) is 154 Å². The molecule has 135 heavy (non-hydrogen) atoms. The topological polar surface area (TPSA) is 319 Å². The Hall–Kier alpha value is -8.83. The van der Waals surface area contributed by atoms with Crippen LogP contribution in [0.25, 0.3) is 0 Å². The van der Waals surface area contributed by atoms with Gasteiger partial charge in [-0.3, -0.25) is 42.6 Å². The van der Waals surface area contributed by atoms with Gasteiger partial charge in [-0.25, -0.2) is 18.7 Å². The van der Waals surface area contributed by atoms with Gasteiger partial charge in [-0.15, -0.1) is 34.0 Å². The van der Waals surface area contributed by atoms with Crippen molar-refractivity contribution in [2.45, 2.75) is 260 Å². The van der Waals surface area contributed by atoms with Crippen molar-refractivity contribution in [3.63, 3.8) is 0 Å². The van der Waals surface area contributed by atoms with Gasteiger partial charge in [-0.1, -0.05) is 162 Å². The van der Waals surface area contributed by atoms with Crippen molar-refractivity contribution in [1.29, 1.82) is 0 Å². The highest BCUT2D eigenvalue weighted by Crippen LogP contribution is 2.36. The molecule has 9 fully saturated rings. The Balaban J connectivity index is 0.000000162. The molecule has 10 aliphatic rings. The molecule has 9 heterocycles. The van der Waals surface area contributed by atoms with E-state index >= 15 is 0 Å². The Morgan fingerprint density at radius 3 is 1.33 bits per heavy atom. The van der Waals surface area contributed by atoms with Crippen LogP contribution < -0.4 is 40.8 Å². The third kappa shape index (κ3) is 28.5. The van der Waals surface area contributed by atoms with E-state index in [1.807, 2.05) is 61.7 Å². The van der Waals surface area contributed by atoms with Gasteiger partial charge in [0.25, 0.3) is 5.91 Å². The van der Waals surface area contributed by atoms with E-state index in [0.29, 0.717) is 98.3 Å². The van der Waals surface area contributed by atoms with Crippen molar-refractivity contribution in [2.75, 3.05) is 97.9 Å². The summed E-state index contributed by atoms with van der Waals surface area (Å²) in [5.41, 5.74) is 1.24. The zero-order valence-corrected chi connectivity index (χ0v) is 82.9. The number of hydrogen-bond acceptors (Lipinski definition) is 21. The fourth-order valence-corrected chi connectivity index (χ4v) is 24.4. The van der Waals surface area contributed by atoms with Crippen molar-refractivity contribution in [1.82, 2.24) is 65.2 Å². The van der Waals surface area contributed by atoms with Gasteiger partial charge >= 0.3 is 18.3 Å². The third-order valence-electron chi connectivity index (χ3n) is 28.7. The van der Waals surface area contributed by atoms with E-state index in [1.54, 1.807) is 134 Å². The summed E-state index contributed by atoms with van der Waals surface area (Å²) < 4.78 is 31.6. The number of ether oxygens (including phenoxy) is 3. The molecule has 5 saturated heterocycles. The maximum absolute atomic E-state index is 14.6.